The van der Waals surface area contributed by atoms with E-state index < -0.39 is 0 Å². The second kappa shape index (κ2) is 4.94. The van der Waals surface area contributed by atoms with Gasteiger partial charge in [0.25, 0.3) is 0 Å². The third-order valence-electron chi connectivity index (χ3n) is 2.29. The molecule has 76 valence electrons. The SMILES string of the molecule is Clc1cccc(CCc2ccccc2)n1. The fourth-order valence-corrected chi connectivity index (χ4v) is 1.69. The number of benzene rings is 1. The highest BCUT2D eigenvalue weighted by Crippen LogP contribution is 2.08. The molecule has 2 heteroatoms. The van der Waals surface area contributed by atoms with Gasteiger partial charge in [-0.1, -0.05) is 48.0 Å². The van der Waals surface area contributed by atoms with Crippen molar-refractivity contribution in [3.05, 3.63) is 64.9 Å². The van der Waals surface area contributed by atoms with Crippen LogP contribution in [0.25, 0.3) is 0 Å². The van der Waals surface area contributed by atoms with Crippen molar-refractivity contribution in [3.63, 3.8) is 0 Å². The molecule has 0 aliphatic heterocycles. The van der Waals surface area contributed by atoms with Crippen molar-refractivity contribution < 1.29 is 0 Å². The molecule has 0 N–H and O–H groups in total. The summed E-state index contributed by atoms with van der Waals surface area (Å²) in [6.07, 6.45) is 1.94. The Morgan fingerprint density at radius 1 is 0.867 bits per heavy atom. The van der Waals surface area contributed by atoms with Gasteiger partial charge in [-0.3, -0.25) is 0 Å². The summed E-state index contributed by atoms with van der Waals surface area (Å²) in [6, 6.07) is 16.1. The van der Waals surface area contributed by atoms with E-state index in [2.05, 4.69) is 29.2 Å². The van der Waals surface area contributed by atoms with Crippen LogP contribution < -0.4 is 0 Å². The number of pyridine rings is 1. The van der Waals surface area contributed by atoms with Crippen molar-refractivity contribution in [3.8, 4) is 0 Å². The number of hydrogen-bond donors (Lipinski definition) is 0. The van der Waals surface area contributed by atoms with E-state index in [1.165, 1.54) is 5.56 Å². The molecule has 0 bridgehead atoms. The Hall–Kier alpha value is -1.34. The van der Waals surface area contributed by atoms with Crippen molar-refractivity contribution in [2.24, 2.45) is 0 Å². The first kappa shape index (κ1) is 10.2. The average molecular weight is 218 g/mol. The molecule has 0 unspecified atom stereocenters. The van der Waals surface area contributed by atoms with Gasteiger partial charge in [0.2, 0.25) is 0 Å². The molecule has 0 amide bonds. The highest BCUT2D eigenvalue weighted by atomic mass is 35.5. The molecule has 1 heterocycles. The summed E-state index contributed by atoms with van der Waals surface area (Å²) in [4.78, 5) is 4.25. The molecule has 2 rings (SSSR count). The molecule has 2 aromatic rings. The van der Waals surface area contributed by atoms with Crippen LogP contribution in [0.15, 0.2) is 48.5 Å². The van der Waals surface area contributed by atoms with Crippen LogP contribution in [0.3, 0.4) is 0 Å². The largest absolute Gasteiger partial charge is 0.241 e. The fraction of sp³-hybridized carbons (Fsp3) is 0.154. The summed E-state index contributed by atoms with van der Waals surface area (Å²) in [6.45, 7) is 0. The predicted octanol–water partition coefficient (Wildman–Crippen LogP) is 3.52. The lowest BCUT2D eigenvalue weighted by Gasteiger charge is -2.01. The van der Waals surface area contributed by atoms with E-state index in [4.69, 9.17) is 11.6 Å². The number of aromatic nitrogens is 1. The molecule has 0 atom stereocenters. The van der Waals surface area contributed by atoms with Gasteiger partial charge >= 0.3 is 0 Å². The van der Waals surface area contributed by atoms with E-state index in [-0.39, 0.29) is 0 Å². The third kappa shape index (κ3) is 3.07. The molecule has 0 saturated heterocycles. The number of aryl methyl sites for hydroxylation is 2. The standard InChI is InChI=1S/C13H12ClN/c14-13-8-4-7-12(15-13)10-9-11-5-2-1-3-6-11/h1-8H,9-10H2. The smallest absolute Gasteiger partial charge is 0.129 e. The molecular weight excluding hydrogens is 206 g/mol. The Balaban J connectivity index is 1.99. The van der Waals surface area contributed by atoms with Crippen LogP contribution >= 0.6 is 11.6 Å². The molecular formula is C13H12ClN. The Labute approximate surface area is 94.7 Å². The van der Waals surface area contributed by atoms with Gasteiger partial charge in [-0.2, -0.15) is 0 Å². The van der Waals surface area contributed by atoms with Crippen LogP contribution in [-0.4, -0.2) is 4.98 Å². The number of hydrogen-bond acceptors (Lipinski definition) is 1. The fourth-order valence-electron chi connectivity index (χ4n) is 1.51. The van der Waals surface area contributed by atoms with Crippen LogP contribution in [0, 0.1) is 0 Å². The maximum atomic E-state index is 5.82. The zero-order chi connectivity index (χ0) is 10.5. The van der Waals surface area contributed by atoms with Crippen molar-refractivity contribution in [2.75, 3.05) is 0 Å². The van der Waals surface area contributed by atoms with Gasteiger partial charge in [0.05, 0.1) is 0 Å². The van der Waals surface area contributed by atoms with Crippen molar-refractivity contribution in [2.45, 2.75) is 12.8 Å². The highest BCUT2D eigenvalue weighted by Gasteiger charge is 1.97. The molecule has 0 aliphatic carbocycles. The average Bonchev–Trinajstić information content (AvgIpc) is 2.28. The van der Waals surface area contributed by atoms with E-state index in [0.717, 1.165) is 18.5 Å². The number of nitrogens with zero attached hydrogens (tertiary/aromatic N) is 1. The van der Waals surface area contributed by atoms with Crippen LogP contribution in [0.2, 0.25) is 5.15 Å². The monoisotopic (exact) mass is 217 g/mol. The second-order valence-corrected chi connectivity index (χ2v) is 3.82. The molecule has 1 nitrogen and oxygen atoms in total. The first-order valence-electron chi connectivity index (χ1n) is 5.00. The summed E-state index contributed by atoms with van der Waals surface area (Å²) in [5, 5.41) is 0.570. The first-order chi connectivity index (χ1) is 7.34. The molecule has 0 radical (unpaired) electrons. The third-order valence-corrected chi connectivity index (χ3v) is 2.50. The normalized spacial score (nSPS) is 10.2. The van der Waals surface area contributed by atoms with Gasteiger partial charge < -0.3 is 0 Å². The molecule has 0 aliphatic rings. The van der Waals surface area contributed by atoms with Gasteiger partial charge in [-0.15, -0.1) is 0 Å². The van der Waals surface area contributed by atoms with Crippen LogP contribution in [-0.2, 0) is 12.8 Å². The summed E-state index contributed by atoms with van der Waals surface area (Å²) in [5.74, 6) is 0. The van der Waals surface area contributed by atoms with Gasteiger partial charge in [0, 0.05) is 5.69 Å². The van der Waals surface area contributed by atoms with Gasteiger partial charge in [0.15, 0.2) is 0 Å². The quantitative estimate of drug-likeness (QED) is 0.717. The minimum Gasteiger partial charge on any atom is -0.241 e. The molecule has 15 heavy (non-hydrogen) atoms. The number of rotatable bonds is 3. The van der Waals surface area contributed by atoms with E-state index in [0.29, 0.717) is 5.15 Å². The zero-order valence-corrected chi connectivity index (χ0v) is 9.11. The molecule has 1 aromatic heterocycles. The Bertz CT molecular complexity index is 426. The van der Waals surface area contributed by atoms with Crippen molar-refractivity contribution >= 4 is 11.6 Å². The zero-order valence-electron chi connectivity index (χ0n) is 8.36. The highest BCUT2D eigenvalue weighted by molar-refractivity contribution is 6.29. The van der Waals surface area contributed by atoms with Crippen molar-refractivity contribution in [1.82, 2.24) is 4.98 Å². The molecule has 0 fully saturated rings. The van der Waals surface area contributed by atoms with Gasteiger partial charge in [-0.05, 0) is 30.5 Å². The van der Waals surface area contributed by atoms with E-state index in [1.54, 1.807) is 6.07 Å². The predicted molar refractivity (Wildman–Crippen MR) is 63.1 cm³/mol. The minimum absolute atomic E-state index is 0.570. The Kier molecular flexibility index (Phi) is 3.36. The lowest BCUT2D eigenvalue weighted by atomic mass is 10.1. The van der Waals surface area contributed by atoms with Crippen LogP contribution in [0.4, 0.5) is 0 Å². The molecule has 1 aromatic carbocycles. The lowest BCUT2D eigenvalue weighted by molar-refractivity contribution is 0.914. The van der Waals surface area contributed by atoms with Crippen LogP contribution in [0.1, 0.15) is 11.3 Å². The van der Waals surface area contributed by atoms with Gasteiger partial charge in [-0.25, -0.2) is 4.98 Å². The molecule has 0 saturated carbocycles. The summed E-state index contributed by atoms with van der Waals surface area (Å²) < 4.78 is 0. The van der Waals surface area contributed by atoms with E-state index in [1.807, 2.05) is 18.2 Å². The summed E-state index contributed by atoms with van der Waals surface area (Å²) in [7, 11) is 0. The second-order valence-electron chi connectivity index (χ2n) is 3.44. The first-order valence-corrected chi connectivity index (χ1v) is 5.38. The molecule has 0 spiro atoms. The Morgan fingerprint density at radius 2 is 1.67 bits per heavy atom. The summed E-state index contributed by atoms with van der Waals surface area (Å²) in [5.41, 5.74) is 2.38. The maximum absolute atomic E-state index is 5.82. The van der Waals surface area contributed by atoms with Gasteiger partial charge in [0.1, 0.15) is 5.15 Å². The Morgan fingerprint density at radius 3 is 2.40 bits per heavy atom. The van der Waals surface area contributed by atoms with E-state index >= 15 is 0 Å². The summed E-state index contributed by atoms with van der Waals surface area (Å²) >= 11 is 5.82. The minimum atomic E-state index is 0.570. The van der Waals surface area contributed by atoms with Crippen LogP contribution in [0.5, 0.6) is 0 Å². The maximum Gasteiger partial charge on any atom is 0.129 e. The number of halogens is 1. The van der Waals surface area contributed by atoms with E-state index in [9.17, 15) is 0 Å². The van der Waals surface area contributed by atoms with Crippen molar-refractivity contribution in [1.29, 1.82) is 0 Å². The lowest BCUT2D eigenvalue weighted by Crippen LogP contribution is -1.93. The topological polar surface area (TPSA) is 12.9 Å².